The molecule has 1 heterocycles. The van der Waals surface area contributed by atoms with Crippen molar-refractivity contribution in [1.29, 1.82) is 0 Å². The topological polar surface area (TPSA) is 42.7 Å². The molecule has 0 saturated heterocycles. The third kappa shape index (κ3) is 3.89. The Morgan fingerprint density at radius 1 is 1.11 bits per heavy atom. The van der Waals surface area contributed by atoms with Crippen LogP contribution in [0.1, 0.15) is 36.6 Å². The van der Waals surface area contributed by atoms with Gasteiger partial charge < -0.3 is 5.32 Å². The van der Waals surface area contributed by atoms with Crippen LogP contribution < -0.4 is 5.32 Å². The van der Waals surface area contributed by atoms with Crippen LogP contribution in [0.25, 0.3) is 0 Å². The first-order chi connectivity index (χ1) is 9.04. The Morgan fingerprint density at radius 2 is 1.74 bits per heavy atom. The van der Waals surface area contributed by atoms with E-state index in [1.165, 1.54) is 11.1 Å². The summed E-state index contributed by atoms with van der Waals surface area (Å²) in [5, 5.41) is 7.80. The van der Waals surface area contributed by atoms with Crippen molar-refractivity contribution in [2.24, 2.45) is 0 Å². The van der Waals surface area contributed by atoms with E-state index in [1.807, 2.05) is 18.5 Å². The average molecular weight is 258 g/mol. The van der Waals surface area contributed by atoms with Crippen molar-refractivity contribution in [2.75, 3.05) is 0 Å². The Kier molecular flexibility index (Phi) is 4.32. The molecule has 4 nitrogen and oxygen atoms in total. The Labute approximate surface area is 114 Å². The van der Waals surface area contributed by atoms with Crippen molar-refractivity contribution in [3.63, 3.8) is 0 Å². The largest absolute Gasteiger partial charge is 0.310 e. The zero-order chi connectivity index (χ0) is 13.8. The molecule has 0 aliphatic rings. The SMILES string of the molecule is Cc1nc(C)n(Cc2ccc(CNC(C)C)cc2)n1. The summed E-state index contributed by atoms with van der Waals surface area (Å²) in [6.45, 7) is 9.92. The molecule has 19 heavy (non-hydrogen) atoms. The molecule has 0 fully saturated rings. The highest BCUT2D eigenvalue weighted by Crippen LogP contribution is 2.07. The molecule has 0 aliphatic heterocycles. The lowest BCUT2D eigenvalue weighted by molar-refractivity contribution is 0.588. The van der Waals surface area contributed by atoms with E-state index in [4.69, 9.17) is 0 Å². The highest BCUT2D eigenvalue weighted by atomic mass is 15.3. The molecular formula is C15H22N4. The van der Waals surface area contributed by atoms with Crippen LogP contribution in [0.5, 0.6) is 0 Å². The average Bonchev–Trinajstić information content (AvgIpc) is 2.67. The zero-order valence-electron chi connectivity index (χ0n) is 12.1. The predicted octanol–water partition coefficient (Wildman–Crippen LogP) is 2.44. The second kappa shape index (κ2) is 5.97. The lowest BCUT2D eigenvalue weighted by Gasteiger charge is -2.09. The maximum Gasteiger partial charge on any atom is 0.147 e. The van der Waals surface area contributed by atoms with Crippen LogP contribution in [-0.4, -0.2) is 20.8 Å². The predicted molar refractivity (Wildman–Crippen MR) is 77.0 cm³/mol. The van der Waals surface area contributed by atoms with Gasteiger partial charge in [0.15, 0.2) is 0 Å². The number of nitrogens with zero attached hydrogens (tertiary/aromatic N) is 3. The molecule has 0 unspecified atom stereocenters. The normalized spacial score (nSPS) is 11.2. The minimum atomic E-state index is 0.514. The Hall–Kier alpha value is -1.68. The molecule has 1 N–H and O–H groups in total. The first-order valence-electron chi connectivity index (χ1n) is 6.74. The maximum atomic E-state index is 4.38. The van der Waals surface area contributed by atoms with E-state index in [0.717, 1.165) is 24.7 Å². The molecule has 0 radical (unpaired) electrons. The molecule has 102 valence electrons. The number of benzene rings is 1. The molecule has 2 aromatic rings. The molecule has 0 amide bonds. The van der Waals surface area contributed by atoms with Crippen molar-refractivity contribution in [3.05, 3.63) is 47.0 Å². The molecule has 0 bridgehead atoms. The molecule has 4 heteroatoms. The number of aryl methyl sites for hydroxylation is 2. The third-order valence-corrected chi connectivity index (χ3v) is 3.03. The fourth-order valence-electron chi connectivity index (χ4n) is 1.97. The van der Waals surface area contributed by atoms with Crippen LogP contribution >= 0.6 is 0 Å². The van der Waals surface area contributed by atoms with Gasteiger partial charge in [-0.05, 0) is 25.0 Å². The first kappa shape index (κ1) is 13.7. The van der Waals surface area contributed by atoms with Crippen LogP contribution in [0.4, 0.5) is 0 Å². The van der Waals surface area contributed by atoms with Crippen LogP contribution in [-0.2, 0) is 13.1 Å². The Bertz CT molecular complexity index is 526. The van der Waals surface area contributed by atoms with E-state index >= 15 is 0 Å². The monoisotopic (exact) mass is 258 g/mol. The smallest absolute Gasteiger partial charge is 0.147 e. The molecule has 0 saturated carbocycles. The number of rotatable bonds is 5. The van der Waals surface area contributed by atoms with Gasteiger partial charge in [-0.15, -0.1) is 0 Å². The van der Waals surface area contributed by atoms with Crippen molar-refractivity contribution < 1.29 is 0 Å². The molecule has 0 spiro atoms. The van der Waals surface area contributed by atoms with Crippen molar-refractivity contribution in [3.8, 4) is 0 Å². The summed E-state index contributed by atoms with van der Waals surface area (Å²) in [6, 6.07) is 9.18. The highest BCUT2D eigenvalue weighted by Gasteiger charge is 2.03. The van der Waals surface area contributed by atoms with Gasteiger partial charge in [0, 0.05) is 12.6 Å². The zero-order valence-corrected chi connectivity index (χ0v) is 12.1. The van der Waals surface area contributed by atoms with Crippen LogP contribution in [0, 0.1) is 13.8 Å². The highest BCUT2D eigenvalue weighted by molar-refractivity contribution is 5.22. The van der Waals surface area contributed by atoms with Gasteiger partial charge in [-0.1, -0.05) is 38.1 Å². The molecular weight excluding hydrogens is 236 g/mol. The molecule has 0 aliphatic carbocycles. The van der Waals surface area contributed by atoms with E-state index in [1.54, 1.807) is 0 Å². The summed E-state index contributed by atoms with van der Waals surface area (Å²) in [5.41, 5.74) is 2.56. The van der Waals surface area contributed by atoms with Crippen molar-refractivity contribution in [2.45, 2.75) is 46.8 Å². The Balaban J connectivity index is 2.00. The van der Waals surface area contributed by atoms with Gasteiger partial charge in [0.25, 0.3) is 0 Å². The molecule has 1 aromatic heterocycles. The summed E-state index contributed by atoms with van der Waals surface area (Å²) in [5.74, 6) is 1.79. The fourth-order valence-corrected chi connectivity index (χ4v) is 1.97. The van der Waals surface area contributed by atoms with Gasteiger partial charge in [0.1, 0.15) is 11.6 Å². The maximum absolute atomic E-state index is 4.38. The van der Waals surface area contributed by atoms with E-state index < -0.39 is 0 Å². The third-order valence-electron chi connectivity index (χ3n) is 3.03. The number of hydrogen-bond acceptors (Lipinski definition) is 3. The Morgan fingerprint density at radius 3 is 2.26 bits per heavy atom. The molecule has 2 rings (SSSR count). The van der Waals surface area contributed by atoms with Gasteiger partial charge >= 0.3 is 0 Å². The van der Waals surface area contributed by atoms with Crippen molar-refractivity contribution >= 4 is 0 Å². The first-order valence-corrected chi connectivity index (χ1v) is 6.74. The van der Waals surface area contributed by atoms with E-state index in [2.05, 4.69) is 53.5 Å². The van der Waals surface area contributed by atoms with E-state index in [9.17, 15) is 0 Å². The van der Waals surface area contributed by atoms with E-state index in [-0.39, 0.29) is 0 Å². The standard InChI is InChI=1S/C15H22N4/c1-11(2)16-9-14-5-7-15(8-6-14)10-19-13(4)17-12(3)18-19/h5-8,11,16H,9-10H2,1-4H3. The summed E-state index contributed by atoms with van der Waals surface area (Å²) >= 11 is 0. The number of aromatic nitrogens is 3. The summed E-state index contributed by atoms with van der Waals surface area (Å²) in [4.78, 5) is 4.32. The van der Waals surface area contributed by atoms with Gasteiger partial charge in [-0.25, -0.2) is 9.67 Å². The van der Waals surface area contributed by atoms with Gasteiger partial charge in [-0.3, -0.25) is 0 Å². The minimum absolute atomic E-state index is 0.514. The van der Waals surface area contributed by atoms with Crippen LogP contribution in [0.15, 0.2) is 24.3 Å². The summed E-state index contributed by atoms with van der Waals surface area (Å²) < 4.78 is 1.94. The van der Waals surface area contributed by atoms with Crippen LogP contribution in [0.2, 0.25) is 0 Å². The minimum Gasteiger partial charge on any atom is -0.310 e. The van der Waals surface area contributed by atoms with Crippen LogP contribution in [0.3, 0.4) is 0 Å². The number of nitrogens with one attached hydrogen (secondary N) is 1. The summed E-state index contributed by atoms with van der Waals surface area (Å²) in [6.07, 6.45) is 0. The van der Waals surface area contributed by atoms with E-state index in [0.29, 0.717) is 6.04 Å². The van der Waals surface area contributed by atoms with Crippen molar-refractivity contribution in [1.82, 2.24) is 20.1 Å². The molecule has 0 atom stereocenters. The number of hydrogen-bond donors (Lipinski definition) is 1. The molecule has 1 aromatic carbocycles. The quantitative estimate of drug-likeness (QED) is 0.895. The summed E-state index contributed by atoms with van der Waals surface area (Å²) in [7, 11) is 0. The van der Waals surface area contributed by atoms with Gasteiger partial charge in [-0.2, -0.15) is 5.10 Å². The second-order valence-electron chi connectivity index (χ2n) is 5.22. The van der Waals surface area contributed by atoms with Gasteiger partial charge in [0.2, 0.25) is 0 Å². The fraction of sp³-hybridized carbons (Fsp3) is 0.467. The lowest BCUT2D eigenvalue weighted by Crippen LogP contribution is -2.21. The van der Waals surface area contributed by atoms with Gasteiger partial charge in [0.05, 0.1) is 6.54 Å². The second-order valence-corrected chi connectivity index (χ2v) is 5.22. The lowest BCUT2D eigenvalue weighted by atomic mass is 10.1.